The monoisotopic (exact) mass is 464 g/mol. The zero-order valence-corrected chi connectivity index (χ0v) is 19.4. The highest BCUT2D eigenvalue weighted by atomic mass is 35.5. The number of halogens is 1. The Morgan fingerprint density at radius 2 is 1.88 bits per heavy atom. The summed E-state index contributed by atoms with van der Waals surface area (Å²) in [5.41, 5.74) is 3.48. The average molecular weight is 465 g/mol. The van der Waals surface area contributed by atoms with E-state index in [0.717, 1.165) is 61.5 Å². The molecule has 2 amide bonds. The molecule has 7 heteroatoms. The fraction of sp³-hybridized carbons (Fsp3) is 0.385. The van der Waals surface area contributed by atoms with Crippen molar-refractivity contribution in [1.29, 1.82) is 0 Å². The van der Waals surface area contributed by atoms with Crippen molar-refractivity contribution in [2.45, 2.75) is 38.6 Å². The Morgan fingerprint density at radius 1 is 1.09 bits per heavy atom. The molecular weight excluding hydrogens is 436 g/mol. The third-order valence-corrected chi connectivity index (χ3v) is 6.58. The summed E-state index contributed by atoms with van der Waals surface area (Å²) in [6, 6.07) is 17.2. The number of carbonyl (C=O) groups excluding carboxylic acids is 1. The molecule has 1 saturated heterocycles. The van der Waals surface area contributed by atoms with Crippen molar-refractivity contribution in [3.63, 3.8) is 0 Å². The first-order valence-corrected chi connectivity index (χ1v) is 12.2. The summed E-state index contributed by atoms with van der Waals surface area (Å²) >= 11 is 6.12. The fourth-order valence-electron chi connectivity index (χ4n) is 4.40. The smallest absolute Gasteiger partial charge is 0.322 e. The van der Waals surface area contributed by atoms with E-state index in [1.165, 1.54) is 6.42 Å². The third kappa shape index (κ3) is 5.33. The minimum atomic E-state index is -0.131. The van der Waals surface area contributed by atoms with Crippen LogP contribution in [0.1, 0.15) is 37.7 Å². The van der Waals surface area contributed by atoms with Crippen molar-refractivity contribution in [2.24, 2.45) is 5.92 Å². The van der Waals surface area contributed by atoms with Gasteiger partial charge in [-0.15, -0.1) is 0 Å². The molecule has 1 aliphatic heterocycles. The largest absolute Gasteiger partial charge is 0.340 e. The van der Waals surface area contributed by atoms with Crippen LogP contribution in [0.15, 0.2) is 59.1 Å². The first-order valence-electron chi connectivity index (χ1n) is 11.8. The minimum absolute atomic E-state index is 0.131. The van der Waals surface area contributed by atoms with Crippen LogP contribution in [0.3, 0.4) is 0 Å². The molecule has 0 unspecified atom stereocenters. The molecule has 0 atom stereocenters. The van der Waals surface area contributed by atoms with Gasteiger partial charge in [0.2, 0.25) is 5.88 Å². The number of piperidine rings is 1. The van der Waals surface area contributed by atoms with E-state index >= 15 is 0 Å². The summed E-state index contributed by atoms with van der Waals surface area (Å²) in [6.07, 6.45) is 5.84. The van der Waals surface area contributed by atoms with Gasteiger partial charge in [-0.1, -0.05) is 53.2 Å². The van der Waals surface area contributed by atoms with E-state index < -0.39 is 0 Å². The van der Waals surface area contributed by atoms with Crippen molar-refractivity contribution in [3.8, 4) is 11.3 Å². The number of nitrogens with one attached hydrogen (secondary N) is 1. The van der Waals surface area contributed by atoms with E-state index in [1.807, 2.05) is 47.4 Å². The number of amides is 2. The molecule has 6 nitrogen and oxygen atoms in total. The lowest BCUT2D eigenvalue weighted by atomic mass is 10.1. The summed E-state index contributed by atoms with van der Waals surface area (Å²) in [6.45, 7) is 3.06. The van der Waals surface area contributed by atoms with E-state index in [9.17, 15) is 4.79 Å². The number of urea groups is 1. The van der Waals surface area contributed by atoms with Crippen molar-refractivity contribution in [1.82, 2.24) is 10.1 Å². The van der Waals surface area contributed by atoms with Crippen LogP contribution in [0.5, 0.6) is 0 Å². The average Bonchev–Trinajstić information content (AvgIpc) is 3.56. The van der Waals surface area contributed by atoms with Crippen molar-refractivity contribution >= 4 is 29.2 Å². The molecule has 2 aliphatic rings. The van der Waals surface area contributed by atoms with Gasteiger partial charge in [-0.2, -0.15) is 0 Å². The molecule has 0 spiro atoms. The Bertz CT molecular complexity index is 1090. The number of hydrogen-bond donors (Lipinski definition) is 1. The second kappa shape index (κ2) is 9.87. The highest BCUT2D eigenvalue weighted by Crippen LogP contribution is 2.36. The molecule has 0 radical (unpaired) electrons. The number of carbonyl (C=O) groups is 1. The molecular formula is C26H29ClN4O2. The molecule has 5 rings (SSSR count). The van der Waals surface area contributed by atoms with Crippen LogP contribution in [0.4, 0.5) is 16.4 Å². The van der Waals surface area contributed by atoms with Gasteiger partial charge in [-0.3, -0.25) is 0 Å². The summed E-state index contributed by atoms with van der Waals surface area (Å²) in [4.78, 5) is 17.5. The number of hydrogen-bond acceptors (Lipinski definition) is 4. The van der Waals surface area contributed by atoms with Gasteiger partial charge in [0.05, 0.1) is 12.1 Å². The van der Waals surface area contributed by atoms with Crippen molar-refractivity contribution in [3.05, 3.63) is 65.2 Å². The van der Waals surface area contributed by atoms with Crippen LogP contribution in [0.2, 0.25) is 5.02 Å². The van der Waals surface area contributed by atoms with Gasteiger partial charge < -0.3 is 19.6 Å². The van der Waals surface area contributed by atoms with Gasteiger partial charge in [0.1, 0.15) is 5.69 Å². The Balaban J connectivity index is 1.45. The van der Waals surface area contributed by atoms with Crippen LogP contribution >= 0.6 is 11.6 Å². The highest BCUT2D eigenvalue weighted by molar-refractivity contribution is 6.30. The number of rotatable bonds is 7. The van der Waals surface area contributed by atoms with E-state index in [-0.39, 0.29) is 6.03 Å². The summed E-state index contributed by atoms with van der Waals surface area (Å²) in [5, 5.41) is 8.09. The Morgan fingerprint density at radius 3 is 2.61 bits per heavy atom. The van der Waals surface area contributed by atoms with Gasteiger partial charge in [-0.05, 0) is 56.2 Å². The second-order valence-corrected chi connectivity index (χ2v) is 9.43. The number of aromatic nitrogens is 1. The lowest BCUT2D eigenvalue weighted by Crippen LogP contribution is -2.37. The predicted molar refractivity (Wildman–Crippen MR) is 132 cm³/mol. The first-order chi connectivity index (χ1) is 16.2. The Labute approximate surface area is 199 Å². The topological polar surface area (TPSA) is 61.6 Å². The summed E-state index contributed by atoms with van der Waals surface area (Å²) in [7, 11) is 0. The zero-order chi connectivity index (χ0) is 22.6. The summed E-state index contributed by atoms with van der Waals surface area (Å²) < 4.78 is 5.93. The fourth-order valence-corrected chi connectivity index (χ4v) is 4.59. The Kier molecular flexibility index (Phi) is 6.53. The Hall–Kier alpha value is -2.99. The molecule has 3 aromatic rings. The van der Waals surface area contributed by atoms with Gasteiger partial charge in [-0.25, -0.2) is 4.79 Å². The molecule has 0 bridgehead atoms. The summed E-state index contributed by atoms with van der Waals surface area (Å²) in [5.74, 6) is 1.35. The number of benzene rings is 2. The maximum atomic E-state index is 13.4. The predicted octanol–water partition coefficient (Wildman–Crippen LogP) is 6.43. The maximum absolute atomic E-state index is 13.4. The van der Waals surface area contributed by atoms with Crippen LogP contribution in [0.25, 0.3) is 11.3 Å². The highest BCUT2D eigenvalue weighted by Gasteiger charge is 2.31. The molecule has 172 valence electrons. The lowest BCUT2D eigenvalue weighted by molar-refractivity contribution is 0.206. The van der Waals surface area contributed by atoms with Crippen LogP contribution in [0, 0.1) is 5.92 Å². The normalized spacial score (nSPS) is 16.0. The quantitative estimate of drug-likeness (QED) is 0.437. The number of anilines is 2. The molecule has 1 aromatic heterocycles. The third-order valence-electron chi connectivity index (χ3n) is 6.35. The minimum Gasteiger partial charge on any atom is -0.340 e. The van der Waals surface area contributed by atoms with E-state index in [4.69, 9.17) is 16.1 Å². The molecule has 2 fully saturated rings. The van der Waals surface area contributed by atoms with Crippen LogP contribution in [-0.2, 0) is 6.54 Å². The molecule has 33 heavy (non-hydrogen) atoms. The molecule has 2 aromatic carbocycles. The van der Waals surface area contributed by atoms with Gasteiger partial charge >= 0.3 is 6.03 Å². The second-order valence-electron chi connectivity index (χ2n) is 8.99. The zero-order valence-electron chi connectivity index (χ0n) is 18.7. The lowest BCUT2D eigenvalue weighted by Gasteiger charge is -2.28. The molecule has 2 heterocycles. The first kappa shape index (κ1) is 21.8. The number of nitrogens with zero attached hydrogens (tertiary/aromatic N) is 3. The van der Waals surface area contributed by atoms with Crippen LogP contribution < -0.4 is 10.2 Å². The van der Waals surface area contributed by atoms with Crippen molar-refractivity contribution in [2.75, 3.05) is 29.9 Å². The van der Waals surface area contributed by atoms with E-state index in [2.05, 4.69) is 15.4 Å². The van der Waals surface area contributed by atoms with E-state index in [1.54, 1.807) is 12.1 Å². The van der Waals surface area contributed by atoms with Crippen LogP contribution in [-0.4, -0.2) is 35.7 Å². The molecule has 1 saturated carbocycles. The molecule has 1 N–H and O–H groups in total. The van der Waals surface area contributed by atoms with Gasteiger partial charge in [0.15, 0.2) is 0 Å². The standard InChI is InChI=1S/C26H29ClN4O2/c27-21-10-7-11-22(16-21)28-26(32)31(17-19-12-13-19)18-23-24(20-8-3-1-4-9-20)29-33-25(23)30-14-5-2-6-15-30/h1,3-4,7-11,16,19H,2,5-6,12-15,17-18H2,(H,28,32). The van der Waals surface area contributed by atoms with Gasteiger partial charge in [0, 0.05) is 35.9 Å². The van der Waals surface area contributed by atoms with Crippen molar-refractivity contribution < 1.29 is 9.32 Å². The maximum Gasteiger partial charge on any atom is 0.322 e. The van der Waals surface area contributed by atoms with E-state index in [0.29, 0.717) is 29.7 Å². The molecule has 1 aliphatic carbocycles. The SMILES string of the molecule is O=C(Nc1cccc(Cl)c1)N(Cc1c(-c2ccccc2)noc1N1CCCCC1)CC1CC1. The van der Waals surface area contributed by atoms with Gasteiger partial charge in [0.25, 0.3) is 0 Å².